The van der Waals surface area contributed by atoms with E-state index in [9.17, 15) is 9.18 Å². The van der Waals surface area contributed by atoms with Crippen molar-refractivity contribution in [3.63, 3.8) is 0 Å². The van der Waals surface area contributed by atoms with Gasteiger partial charge in [-0.2, -0.15) is 0 Å². The Morgan fingerprint density at radius 1 is 1.39 bits per heavy atom. The molecule has 1 saturated carbocycles. The zero-order valence-corrected chi connectivity index (χ0v) is 13.0. The first-order valence-electron chi connectivity index (χ1n) is 7.84. The van der Waals surface area contributed by atoms with Gasteiger partial charge in [0.25, 0.3) is 0 Å². The lowest BCUT2D eigenvalue weighted by Gasteiger charge is -2.42. The molecule has 1 aliphatic carbocycles. The Morgan fingerprint density at radius 2 is 2.13 bits per heavy atom. The number of halogens is 1. The number of anilines is 1. The van der Waals surface area contributed by atoms with Gasteiger partial charge in [0, 0.05) is 23.5 Å². The minimum atomic E-state index is -0.790. The van der Waals surface area contributed by atoms with Crippen molar-refractivity contribution in [3.8, 4) is 0 Å². The van der Waals surface area contributed by atoms with E-state index in [0.717, 1.165) is 30.6 Å². The number of nitrogens with zero attached hydrogens (tertiary/aromatic N) is 2. The second-order valence-electron chi connectivity index (χ2n) is 5.96. The second kappa shape index (κ2) is 6.50. The molecule has 23 heavy (non-hydrogen) atoms. The monoisotopic (exact) mass is 317 g/mol. The molecule has 0 unspecified atom stereocenters. The quantitative estimate of drug-likeness (QED) is 0.857. The molecule has 1 aromatic heterocycles. The van der Waals surface area contributed by atoms with Crippen molar-refractivity contribution in [1.82, 2.24) is 9.88 Å². The fourth-order valence-electron chi connectivity index (χ4n) is 3.06. The van der Waals surface area contributed by atoms with Crippen molar-refractivity contribution in [1.29, 1.82) is 0 Å². The minimum absolute atomic E-state index is 0.0847. The first-order valence-corrected chi connectivity index (χ1v) is 7.84. The van der Waals surface area contributed by atoms with E-state index in [1.807, 2.05) is 24.0 Å². The van der Waals surface area contributed by atoms with E-state index < -0.39 is 5.97 Å². The maximum Gasteiger partial charge on any atom is 0.317 e. The Bertz CT molecular complexity index is 716. The molecular weight excluding hydrogens is 297 g/mol. The number of pyridine rings is 1. The van der Waals surface area contributed by atoms with Gasteiger partial charge in [-0.3, -0.25) is 9.69 Å². The van der Waals surface area contributed by atoms with Crippen LogP contribution in [0.1, 0.15) is 19.8 Å². The molecular formula is C17H20FN3O2. The van der Waals surface area contributed by atoms with E-state index in [-0.39, 0.29) is 18.4 Å². The maximum absolute atomic E-state index is 13.3. The fraction of sp³-hybridized carbons (Fsp3) is 0.412. The summed E-state index contributed by atoms with van der Waals surface area (Å²) in [6.45, 7) is 2.79. The number of hydrogen-bond acceptors (Lipinski definition) is 4. The summed E-state index contributed by atoms with van der Waals surface area (Å²) >= 11 is 0. The third-order valence-electron chi connectivity index (χ3n) is 4.38. The molecule has 1 aliphatic rings. The highest BCUT2D eigenvalue weighted by Crippen LogP contribution is 2.28. The van der Waals surface area contributed by atoms with Crippen LogP contribution in [0.15, 0.2) is 30.3 Å². The van der Waals surface area contributed by atoms with Gasteiger partial charge in [-0.15, -0.1) is 0 Å². The van der Waals surface area contributed by atoms with Crippen LogP contribution in [-0.2, 0) is 4.79 Å². The maximum atomic E-state index is 13.3. The highest BCUT2D eigenvalue weighted by atomic mass is 19.1. The molecule has 0 atom stereocenters. The number of carboxylic acid groups (broad SMARTS) is 1. The summed E-state index contributed by atoms with van der Waals surface area (Å²) in [4.78, 5) is 17.3. The standard InChI is InChI=1S/C17H20FN3O2/c1-2-21(10-17(22)23)14-8-13(9-14)19-16-6-4-11-3-5-12(18)7-15(11)20-16/h3-7,13-14H,2,8-10H2,1H3,(H,19,20)(H,22,23). The van der Waals surface area contributed by atoms with Crippen LogP contribution in [0.25, 0.3) is 10.9 Å². The van der Waals surface area contributed by atoms with Crippen LogP contribution in [0.5, 0.6) is 0 Å². The number of fused-ring (bicyclic) bond motifs is 1. The van der Waals surface area contributed by atoms with Gasteiger partial charge in [-0.05, 0) is 43.7 Å². The van der Waals surface area contributed by atoms with Crippen LogP contribution in [0.4, 0.5) is 10.2 Å². The Morgan fingerprint density at radius 3 is 2.83 bits per heavy atom. The highest BCUT2D eigenvalue weighted by molar-refractivity contribution is 5.80. The van der Waals surface area contributed by atoms with E-state index in [0.29, 0.717) is 11.6 Å². The molecule has 1 fully saturated rings. The molecule has 122 valence electrons. The molecule has 5 nitrogen and oxygen atoms in total. The van der Waals surface area contributed by atoms with Gasteiger partial charge in [0.05, 0.1) is 12.1 Å². The lowest BCUT2D eigenvalue weighted by molar-refractivity contribution is -0.139. The van der Waals surface area contributed by atoms with Crippen molar-refractivity contribution < 1.29 is 14.3 Å². The van der Waals surface area contributed by atoms with Gasteiger partial charge < -0.3 is 10.4 Å². The van der Waals surface area contributed by atoms with E-state index >= 15 is 0 Å². The summed E-state index contributed by atoms with van der Waals surface area (Å²) < 4.78 is 13.3. The Hall–Kier alpha value is -2.21. The normalized spacial score (nSPS) is 20.5. The predicted molar refractivity (Wildman–Crippen MR) is 87.0 cm³/mol. The molecule has 0 radical (unpaired) electrons. The summed E-state index contributed by atoms with van der Waals surface area (Å²) in [6.07, 6.45) is 1.79. The Labute approximate surface area is 134 Å². The number of carbonyl (C=O) groups is 1. The molecule has 0 spiro atoms. The van der Waals surface area contributed by atoms with E-state index in [4.69, 9.17) is 5.11 Å². The van der Waals surface area contributed by atoms with Gasteiger partial charge >= 0.3 is 5.97 Å². The smallest absolute Gasteiger partial charge is 0.317 e. The second-order valence-corrected chi connectivity index (χ2v) is 5.96. The Balaban J connectivity index is 1.60. The lowest BCUT2D eigenvalue weighted by atomic mass is 9.85. The topological polar surface area (TPSA) is 65.5 Å². The van der Waals surface area contributed by atoms with Gasteiger partial charge in [0.1, 0.15) is 11.6 Å². The zero-order valence-electron chi connectivity index (χ0n) is 13.0. The Kier molecular flexibility index (Phi) is 4.43. The first-order chi connectivity index (χ1) is 11.0. The summed E-state index contributed by atoms with van der Waals surface area (Å²) in [6, 6.07) is 8.95. The molecule has 2 aromatic rings. The summed E-state index contributed by atoms with van der Waals surface area (Å²) in [5.41, 5.74) is 0.631. The van der Waals surface area contributed by atoms with E-state index in [1.165, 1.54) is 12.1 Å². The van der Waals surface area contributed by atoms with Crippen LogP contribution in [0, 0.1) is 5.82 Å². The molecule has 3 rings (SSSR count). The van der Waals surface area contributed by atoms with Crippen molar-refractivity contribution in [2.45, 2.75) is 31.8 Å². The number of rotatable bonds is 6. The molecule has 1 heterocycles. The molecule has 0 aliphatic heterocycles. The first kappa shape index (κ1) is 15.7. The van der Waals surface area contributed by atoms with Crippen molar-refractivity contribution in [3.05, 3.63) is 36.1 Å². The van der Waals surface area contributed by atoms with Crippen LogP contribution >= 0.6 is 0 Å². The third kappa shape index (κ3) is 3.59. The molecule has 0 saturated heterocycles. The van der Waals surface area contributed by atoms with Crippen LogP contribution in [-0.4, -0.2) is 46.1 Å². The average molecular weight is 317 g/mol. The van der Waals surface area contributed by atoms with Gasteiger partial charge in [-0.1, -0.05) is 6.92 Å². The number of nitrogens with one attached hydrogen (secondary N) is 1. The number of aromatic nitrogens is 1. The summed E-state index contributed by atoms with van der Waals surface area (Å²) in [7, 11) is 0. The SMILES string of the molecule is CCN(CC(=O)O)C1CC(Nc2ccc3ccc(F)cc3n2)C1. The van der Waals surface area contributed by atoms with Crippen LogP contribution < -0.4 is 5.32 Å². The van der Waals surface area contributed by atoms with E-state index in [1.54, 1.807) is 6.07 Å². The van der Waals surface area contributed by atoms with Crippen LogP contribution in [0.3, 0.4) is 0 Å². The minimum Gasteiger partial charge on any atom is -0.480 e. The lowest BCUT2D eigenvalue weighted by Crippen LogP contribution is -2.51. The molecule has 2 N–H and O–H groups in total. The zero-order chi connectivity index (χ0) is 16.4. The van der Waals surface area contributed by atoms with Crippen molar-refractivity contribution in [2.75, 3.05) is 18.4 Å². The van der Waals surface area contributed by atoms with Crippen molar-refractivity contribution >= 4 is 22.7 Å². The van der Waals surface area contributed by atoms with Gasteiger partial charge in [-0.25, -0.2) is 9.37 Å². The third-order valence-corrected chi connectivity index (χ3v) is 4.38. The fourth-order valence-corrected chi connectivity index (χ4v) is 3.06. The molecule has 0 bridgehead atoms. The number of benzene rings is 1. The summed E-state index contributed by atoms with van der Waals surface area (Å²) in [5, 5.41) is 13.2. The number of carboxylic acids is 1. The van der Waals surface area contributed by atoms with Gasteiger partial charge in [0.2, 0.25) is 0 Å². The van der Waals surface area contributed by atoms with E-state index in [2.05, 4.69) is 10.3 Å². The predicted octanol–water partition coefficient (Wildman–Crippen LogP) is 2.72. The van der Waals surface area contributed by atoms with Gasteiger partial charge in [0.15, 0.2) is 0 Å². The molecule has 0 amide bonds. The molecule has 6 heteroatoms. The molecule has 1 aromatic carbocycles. The number of likely N-dealkylation sites (N-methyl/N-ethyl adjacent to an activating group) is 1. The summed E-state index contributed by atoms with van der Waals surface area (Å²) in [5.74, 6) is -0.354. The van der Waals surface area contributed by atoms with Crippen molar-refractivity contribution in [2.24, 2.45) is 0 Å². The largest absolute Gasteiger partial charge is 0.480 e. The van der Waals surface area contributed by atoms with Crippen LogP contribution in [0.2, 0.25) is 0 Å². The number of hydrogen-bond donors (Lipinski definition) is 2. The highest BCUT2D eigenvalue weighted by Gasteiger charge is 2.33. The number of aliphatic carboxylic acids is 1. The average Bonchev–Trinajstić information content (AvgIpc) is 2.47.